The topological polar surface area (TPSA) is 36.4 Å². The number of para-hydroxylation sites is 1. The van der Waals surface area contributed by atoms with E-state index in [1.54, 1.807) is 18.3 Å². The van der Waals surface area contributed by atoms with E-state index in [-0.39, 0.29) is 5.91 Å². The van der Waals surface area contributed by atoms with Crippen molar-refractivity contribution in [3.8, 4) is 0 Å². The van der Waals surface area contributed by atoms with Gasteiger partial charge in [0.1, 0.15) is 5.15 Å². The van der Waals surface area contributed by atoms with Crippen LogP contribution in [0.25, 0.3) is 0 Å². The minimum Gasteiger partial charge on any atom is -0.368 e. The summed E-state index contributed by atoms with van der Waals surface area (Å²) in [6.45, 7) is 3.12. The van der Waals surface area contributed by atoms with Gasteiger partial charge in [-0.15, -0.1) is 0 Å². The van der Waals surface area contributed by atoms with Crippen molar-refractivity contribution in [1.29, 1.82) is 0 Å². The van der Waals surface area contributed by atoms with Crippen LogP contribution < -0.4 is 4.90 Å². The molecule has 0 bridgehead atoms. The second kappa shape index (κ2) is 6.14. The number of hydrogen-bond acceptors (Lipinski definition) is 3. The zero-order chi connectivity index (χ0) is 14.7. The van der Waals surface area contributed by atoms with E-state index in [9.17, 15) is 4.79 Å². The Hall–Kier alpha value is -2.07. The van der Waals surface area contributed by atoms with Gasteiger partial charge in [0.15, 0.2) is 0 Å². The van der Waals surface area contributed by atoms with Gasteiger partial charge in [-0.05, 0) is 24.3 Å². The number of pyridine rings is 1. The molecule has 1 amide bonds. The molecule has 0 saturated carbocycles. The molecule has 1 fully saturated rings. The summed E-state index contributed by atoms with van der Waals surface area (Å²) in [5.41, 5.74) is 1.81. The molecule has 2 aromatic rings. The average molecular weight is 302 g/mol. The lowest BCUT2D eigenvalue weighted by molar-refractivity contribution is 0.0746. The number of amides is 1. The molecular formula is C16H16ClN3O. The van der Waals surface area contributed by atoms with Gasteiger partial charge in [-0.2, -0.15) is 0 Å². The molecule has 1 aliphatic rings. The van der Waals surface area contributed by atoms with E-state index in [1.165, 1.54) is 5.69 Å². The summed E-state index contributed by atoms with van der Waals surface area (Å²) in [6, 6.07) is 13.6. The average Bonchev–Trinajstić information content (AvgIpc) is 2.55. The second-order valence-corrected chi connectivity index (χ2v) is 5.37. The van der Waals surface area contributed by atoms with Crippen molar-refractivity contribution in [2.45, 2.75) is 0 Å². The summed E-state index contributed by atoms with van der Waals surface area (Å²) in [4.78, 5) is 20.5. The quantitative estimate of drug-likeness (QED) is 0.800. The molecule has 0 radical (unpaired) electrons. The van der Waals surface area contributed by atoms with Crippen molar-refractivity contribution >= 4 is 23.2 Å². The smallest absolute Gasteiger partial charge is 0.254 e. The third kappa shape index (κ3) is 3.16. The number of rotatable bonds is 2. The summed E-state index contributed by atoms with van der Waals surface area (Å²) in [5.74, 6) is 0.0204. The molecule has 1 aromatic heterocycles. The molecule has 5 heteroatoms. The molecule has 0 N–H and O–H groups in total. The van der Waals surface area contributed by atoms with Gasteiger partial charge in [-0.3, -0.25) is 4.79 Å². The van der Waals surface area contributed by atoms with Crippen LogP contribution in [-0.2, 0) is 0 Å². The maximum atomic E-state index is 12.4. The zero-order valence-electron chi connectivity index (χ0n) is 11.6. The van der Waals surface area contributed by atoms with Crippen LogP contribution in [0.15, 0.2) is 48.7 Å². The first-order chi connectivity index (χ1) is 10.2. The van der Waals surface area contributed by atoms with Crippen LogP contribution in [0, 0.1) is 0 Å². The monoisotopic (exact) mass is 301 g/mol. The Bertz CT molecular complexity index is 624. The van der Waals surface area contributed by atoms with Gasteiger partial charge in [0.05, 0.1) is 0 Å². The number of anilines is 1. The number of halogens is 1. The van der Waals surface area contributed by atoms with Gasteiger partial charge < -0.3 is 9.80 Å². The maximum absolute atomic E-state index is 12.4. The van der Waals surface area contributed by atoms with E-state index in [0.717, 1.165) is 13.1 Å². The van der Waals surface area contributed by atoms with E-state index < -0.39 is 0 Å². The third-order valence-electron chi connectivity index (χ3n) is 3.66. The first-order valence-corrected chi connectivity index (χ1v) is 7.33. The van der Waals surface area contributed by atoms with Crippen LogP contribution >= 0.6 is 11.6 Å². The number of nitrogens with zero attached hydrogens (tertiary/aromatic N) is 3. The molecule has 0 atom stereocenters. The van der Waals surface area contributed by atoms with E-state index in [4.69, 9.17) is 11.6 Å². The molecule has 21 heavy (non-hydrogen) atoms. The number of hydrogen-bond donors (Lipinski definition) is 0. The van der Waals surface area contributed by atoms with Crippen molar-refractivity contribution < 1.29 is 4.79 Å². The zero-order valence-corrected chi connectivity index (χ0v) is 12.3. The Morgan fingerprint density at radius 1 is 1.05 bits per heavy atom. The Morgan fingerprint density at radius 2 is 1.76 bits per heavy atom. The van der Waals surface area contributed by atoms with Crippen LogP contribution in [0.5, 0.6) is 0 Å². The molecule has 1 aromatic carbocycles. The first-order valence-electron chi connectivity index (χ1n) is 6.95. The Labute approximate surface area is 129 Å². The Morgan fingerprint density at radius 3 is 2.43 bits per heavy atom. The van der Waals surface area contributed by atoms with Crippen LogP contribution in [-0.4, -0.2) is 42.0 Å². The van der Waals surface area contributed by atoms with E-state index in [2.05, 4.69) is 22.0 Å². The highest BCUT2D eigenvalue weighted by atomic mass is 35.5. The molecule has 1 saturated heterocycles. The number of benzene rings is 1. The second-order valence-electron chi connectivity index (χ2n) is 4.98. The van der Waals surface area contributed by atoms with Crippen LogP contribution in [0.3, 0.4) is 0 Å². The highest BCUT2D eigenvalue weighted by Crippen LogP contribution is 2.17. The summed E-state index contributed by atoms with van der Waals surface area (Å²) in [5, 5.41) is 0.351. The molecule has 3 rings (SSSR count). The van der Waals surface area contributed by atoms with Crippen molar-refractivity contribution in [2.75, 3.05) is 31.1 Å². The highest BCUT2D eigenvalue weighted by Gasteiger charge is 2.22. The van der Waals surface area contributed by atoms with Crippen molar-refractivity contribution in [3.05, 3.63) is 59.4 Å². The van der Waals surface area contributed by atoms with E-state index >= 15 is 0 Å². The number of piperazine rings is 1. The number of carbonyl (C=O) groups excluding carboxylic acids is 1. The Balaban J connectivity index is 1.64. The Kier molecular flexibility index (Phi) is 4.06. The van der Waals surface area contributed by atoms with Gasteiger partial charge in [0.25, 0.3) is 5.91 Å². The fraction of sp³-hybridized carbons (Fsp3) is 0.250. The number of aromatic nitrogens is 1. The molecule has 2 heterocycles. The SMILES string of the molecule is O=C(c1ccnc(Cl)c1)N1CCN(c2ccccc2)CC1. The summed E-state index contributed by atoms with van der Waals surface area (Å²) in [7, 11) is 0. The van der Waals surface area contributed by atoms with Gasteiger partial charge in [-0.25, -0.2) is 4.98 Å². The standard InChI is InChI=1S/C16H16ClN3O/c17-15-12-13(6-7-18-15)16(21)20-10-8-19(9-11-20)14-4-2-1-3-5-14/h1-7,12H,8-11H2. The summed E-state index contributed by atoms with van der Waals surface area (Å²) >= 11 is 5.84. The molecule has 0 spiro atoms. The predicted molar refractivity (Wildman–Crippen MR) is 83.8 cm³/mol. The predicted octanol–water partition coefficient (Wildman–Crippen LogP) is 2.70. The molecular weight excluding hydrogens is 286 g/mol. The first kappa shape index (κ1) is 13.9. The van der Waals surface area contributed by atoms with Crippen LogP contribution in [0.4, 0.5) is 5.69 Å². The third-order valence-corrected chi connectivity index (χ3v) is 3.87. The van der Waals surface area contributed by atoms with Crippen LogP contribution in [0.1, 0.15) is 10.4 Å². The van der Waals surface area contributed by atoms with Gasteiger partial charge >= 0.3 is 0 Å². The van der Waals surface area contributed by atoms with Crippen molar-refractivity contribution in [1.82, 2.24) is 9.88 Å². The molecule has 4 nitrogen and oxygen atoms in total. The minimum atomic E-state index is 0.0204. The fourth-order valence-corrected chi connectivity index (χ4v) is 2.70. The molecule has 0 unspecified atom stereocenters. The number of carbonyl (C=O) groups is 1. The van der Waals surface area contributed by atoms with Gasteiger partial charge in [0, 0.05) is 43.6 Å². The van der Waals surface area contributed by atoms with Gasteiger partial charge in [0.2, 0.25) is 0 Å². The van der Waals surface area contributed by atoms with Gasteiger partial charge in [-0.1, -0.05) is 29.8 Å². The van der Waals surface area contributed by atoms with E-state index in [1.807, 2.05) is 23.1 Å². The fourth-order valence-electron chi connectivity index (χ4n) is 2.52. The lowest BCUT2D eigenvalue weighted by Crippen LogP contribution is -2.48. The maximum Gasteiger partial charge on any atom is 0.254 e. The minimum absolute atomic E-state index is 0.0204. The molecule has 108 valence electrons. The normalized spacial score (nSPS) is 15.1. The highest BCUT2D eigenvalue weighted by molar-refractivity contribution is 6.29. The largest absolute Gasteiger partial charge is 0.368 e. The van der Waals surface area contributed by atoms with Crippen molar-refractivity contribution in [3.63, 3.8) is 0 Å². The summed E-state index contributed by atoms with van der Waals surface area (Å²) in [6.07, 6.45) is 1.57. The lowest BCUT2D eigenvalue weighted by atomic mass is 10.2. The van der Waals surface area contributed by atoms with E-state index in [0.29, 0.717) is 23.8 Å². The van der Waals surface area contributed by atoms with Crippen molar-refractivity contribution in [2.24, 2.45) is 0 Å². The molecule has 1 aliphatic heterocycles. The van der Waals surface area contributed by atoms with Crippen LogP contribution in [0.2, 0.25) is 5.15 Å². The lowest BCUT2D eigenvalue weighted by Gasteiger charge is -2.36. The summed E-state index contributed by atoms with van der Waals surface area (Å²) < 4.78 is 0. The molecule has 0 aliphatic carbocycles.